The second kappa shape index (κ2) is 4.95. The van der Waals surface area contributed by atoms with Gasteiger partial charge in [0.15, 0.2) is 0 Å². The third-order valence-electron chi connectivity index (χ3n) is 3.12. The normalized spacial score (nSPS) is 19.5. The number of furan rings is 1. The number of thioether (sulfide) groups is 1. The molecule has 1 aliphatic carbocycles. The highest BCUT2D eigenvalue weighted by Crippen LogP contribution is 2.41. The van der Waals surface area contributed by atoms with Gasteiger partial charge in [0.1, 0.15) is 10.5 Å². The fourth-order valence-electron chi connectivity index (χ4n) is 2.15. The van der Waals surface area contributed by atoms with Crippen LogP contribution in [0.1, 0.15) is 37.9 Å². The van der Waals surface area contributed by atoms with Crippen molar-refractivity contribution in [1.29, 1.82) is 0 Å². The molecule has 0 saturated heterocycles. The molecule has 0 unspecified atom stereocenters. The molecule has 0 aliphatic heterocycles. The van der Waals surface area contributed by atoms with Crippen LogP contribution in [0.3, 0.4) is 0 Å². The van der Waals surface area contributed by atoms with E-state index in [-0.39, 0.29) is 0 Å². The molecule has 0 spiro atoms. The summed E-state index contributed by atoms with van der Waals surface area (Å²) in [7, 11) is 0. The minimum absolute atomic E-state index is 0.578. The Bertz CT molecular complexity index is 339. The number of hydrogen-bond donors (Lipinski definition) is 1. The van der Waals surface area contributed by atoms with Gasteiger partial charge in [0.2, 0.25) is 0 Å². The molecular formula is C12H16O3S. The minimum atomic E-state index is -0.663. The largest absolute Gasteiger partial charge is 0.480 e. The van der Waals surface area contributed by atoms with Crippen molar-refractivity contribution in [1.82, 2.24) is 0 Å². The molecule has 0 atom stereocenters. The SMILES string of the molecule is O=C(O)C1(SCc2ccco2)CCCCC1. The van der Waals surface area contributed by atoms with E-state index >= 15 is 0 Å². The fraction of sp³-hybridized carbons (Fsp3) is 0.583. The Labute approximate surface area is 99.2 Å². The lowest BCUT2D eigenvalue weighted by molar-refractivity contribution is -0.140. The first-order valence-corrected chi connectivity index (χ1v) is 6.61. The van der Waals surface area contributed by atoms with Crippen LogP contribution in [0.5, 0.6) is 0 Å². The molecular weight excluding hydrogens is 224 g/mol. The van der Waals surface area contributed by atoms with E-state index in [4.69, 9.17) is 4.42 Å². The smallest absolute Gasteiger partial charge is 0.319 e. The number of carboxylic acids is 1. The van der Waals surface area contributed by atoms with Crippen LogP contribution in [0, 0.1) is 0 Å². The van der Waals surface area contributed by atoms with Crippen molar-refractivity contribution >= 4 is 17.7 Å². The average Bonchev–Trinajstić information content (AvgIpc) is 2.80. The summed E-state index contributed by atoms with van der Waals surface area (Å²) in [5.41, 5.74) is 0. The molecule has 1 aromatic rings. The second-order valence-electron chi connectivity index (χ2n) is 4.23. The molecule has 1 heterocycles. The zero-order valence-corrected chi connectivity index (χ0v) is 9.96. The first-order chi connectivity index (χ1) is 7.73. The second-order valence-corrected chi connectivity index (χ2v) is 5.59. The highest BCUT2D eigenvalue weighted by molar-refractivity contribution is 8.00. The van der Waals surface area contributed by atoms with Crippen molar-refractivity contribution in [2.75, 3.05) is 0 Å². The number of aliphatic carboxylic acids is 1. The Morgan fingerprint density at radius 2 is 2.19 bits per heavy atom. The van der Waals surface area contributed by atoms with Crippen molar-refractivity contribution in [2.24, 2.45) is 0 Å². The predicted octanol–water partition coefficient (Wildman–Crippen LogP) is 3.30. The van der Waals surface area contributed by atoms with Crippen molar-refractivity contribution in [3.05, 3.63) is 24.2 Å². The van der Waals surface area contributed by atoms with Crippen LogP contribution in [0.2, 0.25) is 0 Å². The van der Waals surface area contributed by atoms with E-state index in [2.05, 4.69) is 0 Å². The molecule has 4 heteroatoms. The summed E-state index contributed by atoms with van der Waals surface area (Å²) in [5, 5.41) is 9.37. The van der Waals surface area contributed by atoms with Crippen LogP contribution in [0.4, 0.5) is 0 Å². The molecule has 0 amide bonds. The van der Waals surface area contributed by atoms with Crippen LogP contribution < -0.4 is 0 Å². The summed E-state index contributed by atoms with van der Waals surface area (Å²) in [5.74, 6) is 0.846. The quantitative estimate of drug-likeness (QED) is 0.877. The van der Waals surface area contributed by atoms with E-state index in [0.29, 0.717) is 5.75 Å². The summed E-state index contributed by atoms with van der Waals surface area (Å²) in [4.78, 5) is 11.4. The Morgan fingerprint density at radius 1 is 1.44 bits per heavy atom. The predicted molar refractivity (Wildman–Crippen MR) is 63.5 cm³/mol. The van der Waals surface area contributed by atoms with Crippen molar-refractivity contribution in [2.45, 2.75) is 42.6 Å². The standard InChI is InChI=1S/C12H16O3S/c13-11(14)12(6-2-1-3-7-12)16-9-10-5-4-8-15-10/h4-5,8H,1-3,6-7,9H2,(H,13,14). The van der Waals surface area contributed by atoms with Gasteiger partial charge in [-0.25, -0.2) is 0 Å². The number of carbonyl (C=O) groups is 1. The average molecular weight is 240 g/mol. The molecule has 1 aliphatic rings. The van der Waals surface area contributed by atoms with Gasteiger partial charge in [-0.15, -0.1) is 11.8 Å². The maximum Gasteiger partial charge on any atom is 0.319 e. The molecule has 16 heavy (non-hydrogen) atoms. The van der Waals surface area contributed by atoms with Crippen molar-refractivity contribution in [3.63, 3.8) is 0 Å². The molecule has 1 aromatic heterocycles. The maximum absolute atomic E-state index is 11.4. The lowest BCUT2D eigenvalue weighted by atomic mass is 9.88. The molecule has 3 nitrogen and oxygen atoms in total. The molecule has 88 valence electrons. The molecule has 0 aromatic carbocycles. The number of carboxylic acid groups (broad SMARTS) is 1. The van der Waals surface area contributed by atoms with Crippen LogP contribution in [-0.2, 0) is 10.5 Å². The Hall–Kier alpha value is -0.900. The van der Waals surface area contributed by atoms with E-state index < -0.39 is 10.7 Å². The summed E-state index contributed by atoms with van der Waals surface area (Å²) in [6.07, 6.45) is 6.41. The maximum atomic E-state index is 11.4. The Balaban J connectivity index is 2.00. The van der Waals surface area contributed by atoms with Gasteiger partial charge in [-0.3, -0.25) is 4.79 Å². The first kappa shape index (κ1) is 11.6. The van der Waals surface area contributed by atoms with Crippen molar-refractivity contribution < 1.29 is 14.3 Å². The molecule has 0 bridgehead atoms. The van der Waals surface area contributed by atoms with E-state index in [9.17, 15) is 9.90 Å². The highest BCUT2D eigenvalue weighted by Gasteiger charge is 2.40. The minimum Gasteiger partial charge on any atom is -0.480 e. The Morgan fingerprint density at radius 3 is 2.75 bits per heavy atom. The van der Waals surface area contributed by atoms with Crippen molar-refractivity contribution in [3.8, 4) is 0 Å². The molecule has 2 rings (SSSR count). The van der Waals surface area contributed by atoms with Gasteiger partial charge in [0.25, 0.3) is 0 Å². The summed E-state index contributed by atoms with van der Waals surface area (Å²) in [6.45, 7) is 0. The monoisotopic (exact) mass is 240 g/mol. The van der Waals surface area contributed by atoms with Gasteiger partial charge in [-0.1, -0.05) is 19.3 Å². The van der Waals surface area contributed by atoms with Crippen LogP contribution >= 0.6 is 11.8 Å². The fourth-order valence-corrected chi connectivity index (χ4v) is 3.43. The summed E-state index contributed by atoms with van der Waals surface area (Å²) < 4.78 is 4.66. The molecule has 1 saturated carbocycles. The molecule has 1 N–H and O–H groups in total. The Kier molecular flexibility index (Phi) is 3.59. The van der Waals surface area contributed by atoms with Gasteiger partial charge in [0.05, 0.1) is 12.0 Å². The van der Waals surface area contributed by atoms with Crippen LogP contribution in [-0.4, -0.2) is 15.8 Å². The van der Waals surface area contributed by atoms with E-state index in [1.807, 2.05) is 12.1 Å². The summed E-state index contributed by atoms with van der Waals surface area (Å²) in [6, 6.07) is 3.73. The zero-order chi connectivity index (χ0) is 11.4. The summed E-state index contributed by atoms with van der Waals surface area (Å²) >= 11 is 1.52. The third kappa shape index (κ3) is 2.43. The van der Waals surface area contributed by atoms with E-state index in [1.54, 1.807) is 6.26 Å². The van der Waals surface area contributed by atoms with Gasteiger partial charge in [-0.05, 0) is 25.0 Å². The first-order valence-electron chi connectivity index (χ1n) is 5.63. The van der Waals surface area contributed by atoms with Crippen LogP contribution in [0.25, 0.3) is 0 Å². The van der Waals surface area contributed by atoms with E-state index in [0.717, 1.165) is 37.9 Å². The van der Waals surface area contributed by atoms with Crippen LogP contribution in [0.15, 0.2) is 22.8 Å². The number of hydrogen-bond acceptors (Lipinski definition) is 3. The lowest BCUT2D eigenvalue weighted by Crippen LogP contribution is -2.37. The van der Waals surface area contributed by atoms with E-state index in [1.165, 1.54) is 11.8 Å². The van der Waals surface area contributed by atoms with Gasteiger partial charge >= 0.3 is 5.97 Å². The van der Waals surface area contributed by atoms with Gasteiger partial charge in [0, 0.05) is 0 Å². The van der Waals surface area contributed by atoms with Gasteiger partial charge in [-0.2, -0.15) is 0 Å². The molecule has 0 radical (unpaired) electrons. The highest BCUT2D eigenvalue weighted by atomic mass is 32.2. The number of rotatable bonds is 4. The topological polar surface area (TPSA) is 50.4 Å². The third-order valence-corrected chi connectivity index (χ3v) is 4.69. The molecule has 1 fully saturated rings. The zero-order valence-electron chi connectivity index (χ0n) is 9.15. The van der Waals surface area contributed by atoms with Gasteiger partial charge < -0.3 is 9.52 Å². The lowest BCUT2D eigenvalue weighted by Gasteiger charge is -2.32.